The Balaban J connectivity index is 4.04. The number of nitrogens with two attached hydrogens (primary N) is 1. The molecule has 0 saturated carbocycles. The fourth-order valence-corrected chi connectivity index (χ4v) is 0.804. The standard InChI is InChI=1S/C9H14N2O3/c1-4-5-11-9(13)8(10)6(2)14-7(3)12/h1,6,8H,5,10H2,2-3H3,(H,11,13)/t6-,8+/m1/s1. The molecule has 0 bridgehead atoms. The monoisotopic (exact) mass is 198 g/mol. The van der Waals surface area contributed by atoms with Crippen molar-refractivity contribution in [3.8, 4) is 12.3 Å². The van der Waals surface area contributed by atoms with Gasteiger partial charge in [0.05, 0.1) is 6.54 Å². The molecule has 0 aromatic rings. The van der Waals surface area contributed by atoms with Crippen LogP contribution in [0, 0.1) is 12.3 Å². The average Bonchev–Trinajstić information content (AvgIpc) is 2.11. The summed E-state index contributed by atoms with van der Waals surface area (Å²) < 4.78 is 4.74. The third kappa shape index (κ3) is 4.48. The van der Waals surface area contributed by atoms with Crippen molar-refractivity contribution in [1.29, 1.82) is 0 Å². The van der Waals surface area contributed by atoms with Gasteiger partial charge in [0, 0.05) is 6.92 Å². The van der Waals surface area contributed by atoms with Crippen molar-refractivity contribution in [3.63, 3.8) is 0 Å². The molecular formula is C9H14N2O3. The van der Waals surface area contributed by atoms with Gasteiger partial charge in [-0.25, -0.2) is 0 Å². The summed E-state index contributed by atoms with van der Waals surface area (Å²) in [5.74, 6) is 1.33. The Morgan fingerprint density at radius 3 is 2.64 bits per heavy atom. The summed E-state index contributed by atoms with van der Waals surface area (Å²) >= 11 is 0. The van der Waals surface area contributed by atoms with Crippen molar-refractivity contribution in [2.75, 3.05) is 6.54 Å². The number of rotatable bonds is 4. The minimum atomic E-state index is -0.896. The number of carbonyl (C=O) groups is 2. The molecule has 0 saturated heterocycles. The lowest BCUT2D eigenvalue weighted by atomic mass is 10.2. The molecular weight excluding hydrogens is 184 g/mol. The van der Waals surface area contributed by atoms with Crippen LogP contribution >= 0.6 is 0 Å². The number of esters is 1. The van der Waals surface area contributed by atoms with E-state index in [2.05, 4.69) is 11.2 Å². The topological polar surface area (TPSA) is 81.4 Å². The van der Waals surface area contributed by atoms with Crippen molar-refractivity contribution in [2.24, 2.45) is 5.73 Å². The minimum Gasteiger partial charge on any atom is -0.461 e. The van der Waals surface area contributed by atoms with Gasteiger partial charge in [-0.2, -0.15) is 0 Å². The quantitative estimate of drug-likeness (QED) is 0.449. The van der Waals surface area contributed by atoms with Gasteiger partial charge in [-0.15, -0.1) is 6.42 Å². The number of carbonyl (C=O) groups excluding carboxylic acids is 2. The third-order valence-corrected chi connectivity index (χ3v) is 1.53. The number of amides is 1. The highest BCUT2D eigenvalue weighted by Gasteiger charge is 2.22. The first-order valence-corrected chi connectivity index (χ1v) is 4.13. The minimum absolute atomic E-state index is 0.110. The van der Waals surface area contributed by atoms with E-state index in [4.69, 9.17) is 16.9 Å². The zero-order valence-electron chi connectivity index (χ0n) is 8.24. The first kappa shape index (κ1) is 12.5. The molecule has 0 aliphatic heterocycles. The molecule has 0 aromatic heterocycles. The average molecular weight is 198 g/mol. The Bertz CT molecular complexity index is 257. The summed E-state index contributed by atoms with van der Waals surface area (Å²) in [6.07, 6.45) is 4.28. The SMILES string of the molecule is C#CCNC(=O)[C@@H](N)[C@@H](C)OC(C)=O. The van der Waals surface area contributed by atoms with E-state index in [0.29, 0.717) is 0 Å². The van der Waals surface area contributed by atoms with E-state index in [1.165, 1.54) is 6.92 Å². The van der Waals surface area contributed by atoms with E-state index in [9.17, 15) is 9.59 Å². The van der Waals surface area contributed by atoms with Crippen LogP contribution in [-0.2, 0) is 14.3 Å². The predicted octanol–water partition coefficient (Wildman–Crippen LogP) is -0.985. The molecule has 2 atom stereocenters. The molecule has 0 fully saturated rings. The number of ether oxygens (including phenoxy) is 1. The number of hydrogen-bond acceptors (Lipinski definition) is 4. The van der Waals surface area contributed by atoms with Gasteiger partial charge < -0.3 is 15.8 Å². The molecule has 5 heteroatoms. The van der Waals surface area contributed by atoms with Gasteiger partial charge in [0.2, 0.25) is 5.91 Å². The molecule has 0 unspecified atom stereocenters. The fraction of sp³-hybridized carbons (Fsp3) is 0.556. The van der Waals surface area contributed by atoms with E-state index in [1.54, 1.807) is 6.92 Å². The van der Waals surface area contributed by atoms with Crippen LogP contribution in [0.5, 0.6) is 0 Å². The zero-order chi connectivity index (χ0) is 11.1. The molecule has 0 aliphatic rings. The van der Waals surface area contributed by atoms with E-state index in [1.807, 2.05) is 0 Å². The van der Waals surface area contributed by atoms with Gasteiger partial charge in [0.1, 0.15) is 12.1 Å². The summed E-state index contributed by atoms with van der Waals surface area (Å²) in [6.45, 7) is 2.91. The van der Waals surface area contributed by atoms with E-state index in [0.717, 1.165) is 0 Å². The lowest BCUT2D eigenvalue weighted by molar-refractivity contribution is -0.147. The smallest absolute Gasteiger partial charge is 0.302 e. The number of hydrogen-bond donors (Lipinski definition) is 2. The van der Waals surface area contributed by atoms with Crippen molar-refractivity contribution >= 4 is 11.9 Å². The van der Waals surface area contributed by atoms with Gasteiger partial charge in [-0.1, -0.05) is 5.92 Å². The van der Waals surface area contributed by atoms with Crippen molar-refractivity contribution in [1.82, 2.24) is 5.32 Å². The van der Waals surface area contributed by atoms with Crippen LogP contribution in [0.25, 0.3) is 0 Å². The highest BCUT2D eigenvalue weighted by atomic mass is 16.5. The molecule has 0 spiro atoms. The van der Waals surface area contributed by atoms with Gasteiger partial charge in [-0.05, 0) is 6.92 Å². The fourth-order valence-electron chi connectivity index (χ4n) is 0.804. The van der Waals surface area contributed by atoms with Crippen LogP contribution in [0.4, 0.5) is 0 Å². The summed E-state index contributed by atoms with van der Waals surface area (Å²) in [5, 5.41) is 2.39. The third-order valence-electron chi connectivity index (χ3n) is 1.53. The van der Waals surface area contributed by atoms with Crippen LogP contribution in [0.2, 0.25) is 0 Å². The molecule has 0 rings (SSSR count). The normalized spacial score (nSPS) is 13.6. The van der Waals surface area contributed by atoms with Gasteiger partial charge in [0.15, 0.2) is 0 Å². The first-order valence-electron chi connectivity index (χ1n) is 4.13. The van der Waals surface area contributed by atoms with Crippen LogP contribution < -0.4 is 11.1 Å². The van der Waals surface area contributed by atoms with E-state index >= 15 is 0 Å². The molecule has 78 valence electrons. The zero-order valence-corrected chi connectivity index (χ0v) is 8.24. The second-order valence-corrected chi connectivity index (χ2v) is 2.76. The van der Waals surface area contributed by atoms with Gasteiger partial charge >= 0.3 is 5.97 Å². The first-order chi connectivity index (χ1) is 6.49. The highest BCUT2D eigenvalue weighted by molar-refractivity contribution is 5.82. The predicted molar refractivity (Wildman–Crippen MR) is 51.0 cm³/mol. The molecule has 5 nitrogen and oxygen atoms in total. The maximum Gasteiger partial charge on any atom is 0.302 e. The Morgan fingerprint density at radius 2 is 2.21 bits per heavy atom. The van der Waals surface area contributed by atoms with Gasteiger partial charge in [-0.3, -0.25) is 9.59 Å². The summed E-state index contributed by atoms with van der Waals surface area (Å²) in [6, 6.07) is -0.896. The van der Waals surface area contributed by atoms with Crippen LogP contribution in [-0.4, -0.2) is 30.6 Å². The molecule has 0 radical (unpaired) electrons. The summed E-state index contributed by atoms with van der Waals surface area (Å²) in [4.78, 5) is 21.8. The lowest BCUT2D eigenvalue weighted by Crippen LogP contribution is -2.48. The van der Waals surface area contributed by atoms with Crippen molar-refractivity contribution in [2.45, 2.75) is 26.0 Å². The Labute approximate surface area is 83.0 Å². The molecule has 0 heterocycles. The van der Waals surface area contributed by atoms with E-state index in [-0.39, 0.29) is 6.54 Å². The molecule has 14 heavy (non-hydrogen) atoms. The Morgan fingerprint density at radius 1 is 1.64 bits per heavy atom. The maximum atomic E-state index is 11.2. The summed E-state index contributed by atoms with van der Waals surface area (Å²) in [5.41, 5.74) is 5.49. The molecule has 1 amide bonds. The molecule has 0 aromatic carbocycles. The van der Waals surface area contributed by atoms with Gasteiger partial charge in [0.25, 0.3) is 0 Å². The molecule has 3 N–H and O–H groups in total. The van der Waals surface area contributed by atoms with Crippen LogP contribution in [0.3, 0.4) is 0 Å². The number of nitrogens with one attached hydrogen (secondary N) is 1. The van der Waals surface area contributed by atoms with Crippen molar-refractivity contribution in [3.05, 3.63) is 0 Å². The summed E-state index contributed by atoms with van der Waals surface area (Å²) in [7, 11) is 0. The lowest BCUT2D eigenvalue weighted by Gasteiger charge is -2.18. The van der Waals surface area contributed by atoms with E-state index < -0.39 is 24.0 Å². The highest BCUT2D eigenvalue weighted by Crippen LogP contribution is 1.96. The van der Waals surface area contributed by atoms with Crippen LogP contribution in [0.1, 0.15) is 13.8 Å². The number of terminal acetylenes is 1. The second kappa shape index (κ2) is 6.00. The second-order valence-electron chi connectivity index (χ2n) is 2.76. The largest absolute Gasteiger partial charge is 0.461 e. The van der Waals surface area contributed by atoms with Crippen molar-refractivity contribution < 1.29 is 14.3 Å². The Kier molecular flexibility index (Phi) is 5.34. The maximum absolute atomic E-state index is 11.2. The molecule has 0 aliphatic carbocycles. The van der Waals surface area contributed by atoms with Crippen LogP contribution in [0.15, 0.2) is 0 Å². The Hall–Kier alpha value is -1.54.